The molecule has 0 radical (unpaired) electrons. The van der Waals surface area contributed by atoms with Gasteiger partial charge in [0.25, 0.3) is 5.17 Å². The number of primary amides is 1. The topological polar surface area (TPSA) is 78.3 Å². The fraction of sp³-hybridized carbons (Fsp3) is 0. The molecule has 0 saturated heterocycles. The van der Waals surface area contributed by atoms with Crippen LogP contribution in [0.2, 0.25) is 0 Å². The molecular weight excluding hydrogens is 116 g/mol. The van der Waals surface area contributed by atoms with Crippen molar-refractivity contribution in [2.24, 2.45) is 11.5 Å². The van der Waals surface area contributed by atoms with Crippen LogP contribution in [-0.2, 0) is 4.74 Å². The largest absolute Gasteiger partial charge is 0.411 e. The first kappa shape index (κ1) is 6.16. The van der Waals surface area contributed by atoms with E-state index in [0.29, 0.717) is 0 Å². The lowest BCUT2D eigenvalue weighted by atomic mass is 11.2. The lowest BCUT2D eigenvalue weighted by Gasteiger charge is -1.90. The second kappa shape index (κ2) is 2.35. The van der Waals surface area contributed by atoms with E-state index in [1.807, 2.05) is 0 Å². The van der Waals surface area contributed by atoms with E-state index in [4.69, 9.17) is 5.73 Å². The molecule has 0 aromatic carbocycles. The van der Waals surface area contributed by atoms with E-state index >= 15 is 0 Å². The van der Waals surface area contributed by atoms with Crippen LogP contribution in [0.3, 0.4) is 0 Å². The van der Waals surface area contributed by atoms with Crippen LogP contribution in [-0.4, -0.2) is 11.3 Å². The summed E-state index contributed by atoms with van der Waals surface area (Å²) in [6.45, 7) is 0. The molecule has 0 aromatic rings. The minimum atomic E-state index is -0.979. The van der Waals surface area contributed by atoms with E-state index in [0.717, 1.165) is 0 Å². The van der Waals surface area contributed by atoms with Gasteiger partial charge in [0.2, 0.25) is 0 Å². The van der Waals surface area contributed by atoms with Gasteiger partial charge in [0.15, 0.2) is 0 Å². The van der Waals surface area contributed by atoms with Gasteiger partial charge in [0.1, 0.15) is 0 Å². The van der Waals surface area contributed by atoms with E-state index < -0.39 is 6.09 Å². The molecule has 0 aliphatic carbocycles. The van der Waals surface area contributed by atoms with Gasteiger partial charge < -0.3 is 16.2 Å². The van der Waals surface area contributed by atoms with E-state index in [9.17, 15) is 4.79 Å². The van der Waals surface area contributed by atoms with Crippen molar-refractivity contribution in [1.82, 2.24) is 0 Å². The fourth-order valence-electron chi connectivity index (χ4n) is 0.0991. The molecule has 1 amide bonds. The fourth-order valence-corrected chi connectivity index (χ4v) is 0.181. The molecule has 0 aliphatic rings. The number of hydrogen-bond acceptors (Lipinski definition) is 3. The van der Waals surface area contributed by atoms with Crippen molar-refractivity contribution in [1.29, 1.82) is 0 Å². The normalized spacial score (nSPS) is 7.43. The summed E-state index contributed by atoms with van der Waals surface area (Å²) in [5.41, 5.74) is 9.17. The van der Waals surface area contributed by atoms with Gasteiger partial charge in [-0.2, -0.15) is 0 Å². The van der Waals surface area contributed by atoms with Crippen molar-refractivity contribution in [2.45, 2.75) is 0 Å². The smallest absolute Gasteiger partial charge is 0.383 e. The molecule has 0 rings (SSSR count). The Labute approximate surface area is 45.4 Å². The molecule has 0 spiro atoms. The Hall–Kier alpha value is -0.840. The molecule has 4 nitrogen and oxygen atoms in total. The van der Waals surface area contributed by atoms with Gasteiger partial charge in [-0.1, -0.05) is 0 Å². The first-order valence-corrected chi connectivity index (χ1v) is 1.80. The first-order chi connectivity index (χ1) is 3.13. The Morgan fingerprint density at radius 1 is 1.57 bits per heavy atom. The highest BCUT2D eigenvalue weighted by Crippen LogP contribution is 1.69. The molecule has 5 heteroatoms. The van der Waals surface area contributed by atoms with Crippen molar-refractivity contribution >= 4 is 23.5 Å². The number of rotatable bonds is 0. The van der Waals surface area contributed by atoms with Gasteiger partial charge in [0, 0.05) is 0 Å². The molecule has 7 heavy (non-hydrogen) atoms. The zero-order valence-electron chi connectivity index (χ0n) is 3.38. The zero-order valence-corrected chi connectivity index (χ0v) is 4.20. The maximum Gasteiger partial charge on any atom is 0.411 e. The van der Waals surface area contributed by atoms with E-state index in [-0.39, 0.29) is 5.17 Å². The van der Waals surface area contributed by atoms with E-state index in [1.165, 1.54) is 0 Å². The predicted molar refractivity (Wildman–Crippen MR) is 27.5 cm³/mol. The van der Waals surface area contributed by atoms with Gasteiger partial charge in [-0.25, -0.2) is 4.79 Å². The van der Waals surface area contributed by atoms with Crippen LogP contribution in [0.1, 0.15) is 0 Å². The number of nitrogens with two attached hydrogens (primary N) is 2. The number of thiocarbonyl (C=S) groups is 1. The standard InChI is InChI=1S/C2H4N2O2S/c3-1(5)6-2(4)7/h(H2,3,5)(H2,4,7). The highest BCUT2D eigenvalue weighted by atomic mass is 32.1. The molecule has 0 bridgehead atoms. The zero-order chi connectivity index (χ0) is 5.86. The minimum Gasteiger partial charge on any atom is -0.383 e. The average Bonchev–Trinajstić information content (AvgIpc) is 1.27. The lowest BCUT2D eigenvalue weighted by molar-refractivity contribution is 0.208. The summed E-state index contributed by atoms with van der Waals surface area (Å²) in [5, 5.41) is -0.354. The number of amides is 1. The number of ether oxygens (including phenoxy) is 1. The van der Waals surface area contributed by atoms with Crippen LogP contribution >= 0.6 is 12.2 Å². The lowest BCUT2D eigenvalue weighted by Crippen LogP contribution is -2.22. The molecule has 0 unspecified atom stereocenters. The van der Waals surface area contributed by atoms with Crippen LogP contribution in [0.4, 0.5) is 4.79 Å². The summed E-state index contributed by atoms with van der Waals surface area (Å²) in [4.78, 5) is 9.64. The summed E-state index contributed by atoms with van der Waals surface area (Å²) in [7, 11) is 0. The maximum atomic E-state index is 9.64. The predicted octanol–water partition coefficient (Wildman–Crippen LogP) is -0.675. The van der Waals surface area contributed by atoms with Gasteiger partial charge in [-0.3, -0.25) is 0 Å². The summed E-state index contributed by atoms with van der Waals surface area (Å²) in [6, 6.07) is 0. The van der Waals surface area contributed by atoms with Gasteiger partial charge in [-0.15, -0.1) is 0 Å². The summed E-state index contributed by atoms with van der Waals surface area (Å²) in [5.74, 6) is 0. The van der Waals surface area contributed by atoms with Crippen LogP contribution in [0.5, 0.6) is 0 Å². The maximum absolute atomic E-state index is 9.64. The third kappa shape index (κ3) is 5.16. The summed E-state index contributed by atoms with van der Waals surface area (Å²) >= 11 is 4.13. The van der Waals surface area contributed by atoms with Gasteiger partial charge in [0.05, 0.1) is 0 Å². The molecule has 0 saturated carbocycles. The Bertz CT molecular complexity index is 89.9. The second-order valence-electron chi connectivity index (χ2n) is 0.740. The summed E-state index contributed by atoms with van der Waals surface area (Å²) < 4.78 is 3.90. The quantitative estimate of drug-likeness (QED) is 0.415. The van der Waals surface area contributed by atoms with E-state index in [2.05, 4.69) is 22.7 Å². The van der Waals surface area contributed by atoms with Gasteiger partial charge in [-0.05, 0) is 12.2 Å². The molecule has 0 aromatic heterocycles. The highest BCUT2D eigenvalue weighted by molar-refractivity contribution is 7.80. The Balaban J connectivity index is 3.32. The molecule has 0 atom stereocenters. The Morgan fingerprint density at radius 2 is 2.00 bits per heavy atom. The van der Waals surface area contributed by atoms with Crippen molar-refractivity contribution in [2.75, 3.05) is 0 Å². The minimum absolute atomic E-state index is 0.354. The van der Waals surface area contributed by atoms with Crippen molar-refractivity contribution in [3.8, 4) is 0 Å². The number of carbonyl (C=O) groups is 1. The molecular formula is C2H4N2O2S. The summed E-state index contributed by atoms with van der Waals surface area (Å²) in [6.07, 6.45) is -0.979. The number of hydrogen-bond donors (Lipinski definition) is 2. The van der Waals surface area contributed by atoms with Gasteiger partial charge >= 0.3 is 6.09 Å². The van der Waals surface area contributed by atoms with Crippen molar-refractivity contribution in [3.63, 3.8) is 0 Å². The number of carbonyl (C=O) groups excluding carboxylic acids is 1. The SMILES string of the molecule is NC(=O)OC(N)=S. The Morgan fingerprint density at radius 3 is 2.00 bits per heavy atom. The van der Waals surface area contributed by atoms with Crippen molar-refractivity contribution < 1.29 is 9.53 Å². The monoisotopic (exact) mass is 120 g/mol. The molecule has 40 valence electrons. The van der Waals surface area contributed by atoms with Crippen LogP contribution in [0, 0.1) is 0 Å². The van der Waals surface area contributed by atoms with Crippen molar-refractivity contribution in [3.05, 3.63) is 0 Å². The average molecular weight is 120 g/mol. The van der Waals surface area contributed by atoms with Crippen LogP contribution < -0.4 is 11.5 Å². The molecule has 4 N–H and O–H groups in total. The third-order valence-electron chi connectivity index (χ3n) is 0.201. The molecule has 0 fully saturated rings. The molecule has 0 aliphatic heterocycles. The van der Waals surface area contributed by atoms with Crippen LogP contribution in [0.25, 0.3) is 0 Å². The molecule has 0 heterocycles. The second-order valence-corrected chi connectivity index (χ2v) is 1.14. The first-order valence-electron chi connectivity index (χ1n) is 1.39. The Kier molecular flexibility index (Phi) is 2.07. The third-order valence-corrected chi connectivity index (χ3v) is 0.285. The van der Waals surface area contributed by atoms with Crippen LogP contribution in [0.15, 0.2) is 0 Å². The van der Waals surface area contributed by atoms with E-state index in [1.54, 1.807) is 0 Å². The highest BCUT2D eigenvalue weighted by Gasteiger charge is 1.91.